The molecule has 7 aliphatic rings. The standard InChI is InChI=1S/C33H40FN5O5S/c1-29(2,3)27-36-28(44-37-27)31-9-11-33(12-10-31,43-21-31)20-38(26(40)14-30-17-32(34,18-30)19-30)24-6-4-5-22(13-24)23-15-35-39(16-23)45(41,42)25-7-8-25/h4-6,13,15-16,25H,7-12,14,17-21H2,1-3H3. The van der Waals surface area contributed by atoms with Gasteiger partial charge in [0.25, 0.3) is 10.0 Å². The van der Waals surface area contributed by atoms with Gasteiger partial charge >= 0.3 is 0 Å². The zero-order valence-electron chi connectivity index (χ0n) is 26.1. The number of carbonyl (C=O) groups is 1. The van der Waals surface area contributed by atoms with E-state index in [1.165, 1.54) is 0 Å². The van der Waals surface area contributed by atoms with Gasteiger partial charge in [0, 0.05) is 23.1 Å². The molecule has 7 fully saturated rings. The molecule has 1 amide bonds. The summed E-state index contributed by atoms with van der Waals surface area (Å²) in [6.07, 6.45) is 9.24. The summed E-state index contributed by atoms with van der Waals surface area (Å²) in [5.74, 6) is 1.28. The monoisotopic (exact) mass is 637 g/mol. The highest BCUT2D eigenvalue weighted by Gasteiger charge is 2.69. The summed E-state index contributed by atoms with van der Waals surface area (Å²) in [5.41, 5.74) is -0.235. The van der Waals surface area contributed by atoms with E-state index in [2.05, 4.69) is 31.0 Å². The van der Waals surface area contributed by atoms with Gasteiger partial charge in [-0.25, -0.2) is 12.8 Å². The summed E-state index contributed by atoms with van der Waals surface area (Å²) >= 11 is 0. The first kappa shape index (κ1) is 29.3. The van der Waals surface area contributed by atoms with Crippen LogP contribution in [0.15, 0.2) is 41.2 Å². The van der Waals surface area contributed by atoms with Gasteiger partial charge in [0.05, 0.1) is 41.8 Å². The van der Waals surface area contributed by atoms with Crippen LogP contribution in [0.5, 0.6) is 0 Å². The minimum atomic E-state index is -3.49. The fraction of sp³-hybridized carbons (Fsp3) is 0.636. The first-order valence-corrected chi connectivity index (χ1v) is 17.6. The Balaban J connectivity index is 1.05. The number of hydrogen-bond acceptors (Lipinski definition) is 8. The van der Waals surface area contributed by atoms with E-state index in [-0.39, 0.29) is 27.4 Å². The average Bonchev–Trinajstić information content (AvgIpc) is 3.49. The van der Waals surface area contributed by atoms with E-state index in [9.17, 15) is 17.6 Å². The fourth-order valence-corrected chi connectivity index (χ4v) is 9.50. The van der Waals surface area contributed by atoms with Crippen LogP contribution >= 0.6 is 0 Å². The van der Waals surface area contributed by atoms with Gasteiger partial charge in [0.2, 0.25) is 11.8 Å². The van der Waals surface area contributed by atoms with E-state index in [4.69, 9.17) is 14.2 Å². The Hall–Kier alpha value is -3.12. The van der Waals surface area contributed by atoms with Crippen molar-refractivity contribution in [2.75, 3.05) is 18.1 Å². The summed E-state index contributed by atoms with van der Waals surface area (Å²) in [6, 6.07) is 7.60. The van der Waals surface area contributed by atoms with Crippen LogP contribution in [0, 0.1) is 5.41 Å². The molecule has 0 unspecified atom stereocenters. The lowest BCUT2D eigenvalue weighted by Gasteiger charge is -2.66. The zero-order valence-corrected chi connectivity index (χ0v) is 26.9. The van der Waals surface area contributed by atoms with Crippen molar-refractivity contribution in [3.63, 3.8) is 0 Å². The van der Waals surface area contributed by atoms with Crippen LogP contribution in [0.3, 0.4) is 0 Å². The Morgan fingerprint density at radius 1 is 1.11 bits per heavy atom. The summed E-state index contributed by atoms with van der Waals surface area (Å²) < 4.78 is 53.4. The molecule has 5 aliphatic carbocycles. The first-order valence-electron chi connectivity index (χ1n) is 16.1. The Morgan fingerprint density at radius 2 is 1.84 bits per heavy atom. The molecule has 4 bridgehead atoms. The number of nitrogens with zero attached hydrogens (tertiary/aromatic N) is 5. The van der Waals surface area contributed by atoms with Crippen LogP contribution in [0.2, 0.25) is 0 Å². The first-order chi connectivity index (χ1) is 21.2. The van der Waals surface area contributed by atoms with Crippen molar-refractivity contribution in [2.24, 2.45) is 5.41 Å². The Bertz CT molecular complexity index is 1740. The molecule has 4 heterocycles. The van der Waals surface area contributed by atoms with E-state index >= 15 is 0 Å². The molecule has 45 heavy (non-hydrogen) atoms. The second-order valence-electron chi connectivity index (χ2n) is 15.7. The van der Waals surface area contributed by atoms with Crippen LogP contribution in [-0.2, 0) is 30.4 Å². The minimum Gasteiger partial charge on any atom is -0.372 e. The molecule has 0 atom stereocenters. The predicted octanol–water partition coefficient (Wildman–Crippen LogP) is 5.47. The number of aromatic nitrogens is 4. The number of ether oxygens (including phenoxy) is 1. The lowest BCUT2D eigenvalue weighted by Crippen LogP contribution is -2.66. The van der Waals surface area contributed by atoms with Gasteiger partial charge in [-0.2, -0.15) is 14.2 Å². The minimum absolute atomic E-state index is 0.0342. The lowest BCUT2D eigenvalue weighted by atomic mass is 9.41. The Morgan fingerprint density at radius 3 is 2.44 bits per heavy atom. The smallest absolute Gasteiger partial charge is 0.256 e. The number of benzene rings is 1. The van der Waals surface area contributed by atoms with E-state index in [1.807, 2.05) is 29.2 Å². The number of rotatable bonds is 9. The van der Waals surface area contributed by atoms with Crippen molar-refractivity contribution < 1.29 is 26.9 Å². The highest BCUT2D eigenvalue weighted by Crippen LogP contribution is 2.71. The largest absolute Gasteiger partial charge is 0.372 e. The van der Waals surface area contributed by atoms with Crippen LogP contribution in [0.4, 0.5) is 10.1 Å². The van der Waals surface area contributed by atoms with E-state index in [1.54, 1.807) is 12.4 Å². The van der Waals surface area contributed by atoms with E-state index in [0.717, 1.165) is 35.3 Å². The van der Waals surface area contributed by atoms with Gasteiger partial charge in [-0.3, -0.25) is 4.79 Å². The lowest BCUT2D eigenvalue weighted by molar-refractivity contribution is -0.215. The topological polar surface area (TPSA) is 120 Å². The molecule has 3 aromatic rings. The van der Waals surface area contributed by atoms with Crippen molar-refractivity contribution in [1.29, 1.82) is 0 Å². The summed E-state index contributed by atoms with van der Waals surface area (Å²) in [5, 5.41) is 8.05. The number of amides is 1. The molecule has 5 saturated carbocycles. The van der Waals surface area contributed by atoms with Gasteiger partial charge < -0.3 is 14.2 Å². The maximum Gasteiger partial charge on any atom is 0.256 e. The molecule has 0 radical (unpaired) electrons. The molecule has 0 N–H and O–H groups in total. The van der Waals surface area contributed by atoms with Crippen molar-refractivity contribution in [3.8, 4) is 11.1 Å². The molecule has 10 nitrogen and oxygen atoms in total. The van der Waals surface area contributed by atoms with E-state index < -0.39 is 21.3 Å². The number of alkyl halides is 1. The Kier molecular flexibility index (Phi) is 6.16. The van der Waals surface area contributed by atoms with Crippen molar-refractivity contribution in [2.45, 2.75) is 112 Å². The third kappa shape index (κ3) is 4.85. The highest BCUT2D eigenvalue weighted by molar-refractivity contribution is 7.90. The normalized spacial score (nSPS) is 32.2. The number of fused-ring (bicyclic) bond motifs is 3. The number of hydrogen-bond donors (Lipinski definition) is 0. The van der Waals surface area contributed by atoms with E-state index in [0.29, 0.717) is 74.6 Å². The second-order valence-corrected chi connectivity index (χ2v) is 17.7. The molecule has 12 heteroatoms. The molecule has 0 spiro atoms. The van der Waals surface area contributed by atoms with Crippen LogP contribution in [-0.4, -0.2) is 63.3 Å². The molecule has 2 saturated heterocycles. The summed E-state index contributed by atoms with van der Waals surface area (Å²) in [6.45, 7) is 7.02. The van der Waals surface area contributed by atoms with Crippen LogP contribution in [0.1, 0.15) is 96.7 Å². The maximum atomic E-state index is 14.4. The predicted molar refractivity (Wildman–Crippen MR) is 164 cm³/mol. The van der Waals surface area contributed by atoms with Gasteiger partial charge in [0.1, 0.15) is 5.67 Å². The average molecular weight is 638 g/mol. The molecule has 2 aliphatic heterocycles. The number of carbonyl (C=O) groups excluding carboxylic acids is 1. The fourth-order valence-electron chi connectivity index (χ4n) is 8.03. The third-order valence-electron chi connectivity index (χ3n) is 10.9. The summed E-state index contributed by atoms with van der Waals surface area (Å²) in [7, 11) is -3.49. The van der Waals surface area contributed by atoms with Gasteiger partial charge in [-0.15, -0.1) is 0 Å². The molecule has 240 valence electrons. The Labute approximate surface area is 262 Å². The van der Waals surface area contributed by atoms with Crippen LogP contribution in [0.25, 0.3) is 11.1 Å². The quantitative estimate of drug-likeness (QED) is 0.303. The number of anilines is 1. The molecular formula is C33H40FN5O5S. The van der Waals surface area contributed by atoms with Crippen molar-refractivity contribution >= 4 is 21.6 Å². The highest BCUT2D eigenvalue weighted by atomic mass is 32.2. The summed E-state index contributed by atoms with van der Waals surface area (Å²) in [4.78, 5) is 20.7. The maximum absolute atomic E-state index is 14.4. The third-order valence-corrected chi connectivity index (χ3v) is 13.0. The SMILES string of the molecule is CC(C)(C)c1noc(C23CCC(CN(C(=O)CC45CC(F)(C4)C5)c4cccc(-c5cnn(S(=O)(=O)C6CC6)c5)c4)(CC2)OC3)n1. The second kappa shape index (κ2) is 9.47. The van der Waals surface area contributed by atoms with Gasteiger partial charge in [0.15, 0.2) is 5.82 Å². The molecule has 10 rings (SSSR count). The van der Waals surface area contributed by atoms with Gasteiger partial charge in [-0.1, -0.05) is 38.1 Å². The zero-order chi connectivity index (χ0) is 31.5. The van der Waals surface area contributed by atoms with Gasteiger partial charge in [-0.05, 0) is 80.9 Å². The molecular weight excluding hydrogens is 597 g/mol. The van der Waals surface area contributed by atoms with Crippen molar-refractivity contribution in [1.82, 2.24) is 19.3 Å². The van der Waals surface area contributed by atoms with Crippen molar-refractivity contribution in [3.05, 3.63) is 48.4 Å². The molecule has 1 aromatic carbocycles. The van der Waals surface area contributed by atoms with Crippen LogP contribution < -0.4 is 4.90 Å². The molecule has 2 aromatic heterocycles. The number of halogens is 1.